The van der Waals surface area contributed by atoms with Crippen molar-refractivity contribution in [2.24, 2.45) is 0 Å². The SMILES string of the molecule is Cc1ccc(C(=O)c2c[nH]c3ccccc3c2=O)cc1C.Cc1ccc(C(=O)c2cn(CCc3ccccc3)c3ccccc3c2=O)cc1C. The van der Waals surface area contributed by atoms with Crippen LogP contribution >= 0.6 is 0 Å². The normalized spacial score (nSPS) is 10.9. The number of H-pyrrole nitrogens is 1. The van der Waals surface area contributed by atoms with E-state index < -0.39 is 0 Å². The number of nitrogens with one attached hydrogen (secondary N) is 1. The number of hydrogen-bond acceptors (Lipinski definition) is 4. The van der Waals surface area contributed by atoms with Crippen LogP contribution in [-0.2, 0) is 13.0 Å². The van der Waals surface area contributed by atoms with Gasteiger partial charge in [-0.05, 0) is 98.3 Å². The van der Waals surface area contributed by atoms with Crippen molar-refractivity contribution in [3.63, 3.8) is 0 Å². The summed E-state index contributed by atoms with van der Waals surface area (Å²) in [5, 5.41) is 1.11. The molecule has 0 aliphatic heterocycles. The molecule has 0 unspecified atom stereocenters. The lowest BCUT2D eigenvalue weighted by atomic mass is 9.98. The van der Waals surface area contributed by atoms with Crippen molar-refractivity contribution >= 4 is 33.4 Å². The molecule has 2 aromatic heterocycles. The van der Waals surface area contributed by atoms with E-state index in [1.54, 1.807) is 36.5 Å². The second-order valence-electron chi connectivity index (χ2n) is 12.7. The first kappa shape index (κ1) is 33.7. The van der Waals surface area contributed by atoms with Gasteiger partial charge in [-0.2, -0.15) is 0 Å². The summed E-state index contributed by atoms with van der Waals surface area (Å²) in [5.41, 5.74) is 8.19. The molecule has 0 saturated carbocycles. The van der Waals surface area contributed by atoms with E-state index in [1.807, 2.05) is 105 Å². The van der Waals surface area contributed by atoms with Crippen LogP contribution in [0.3, 0.4) is 0 Å². The van der Waals surface area contributed by atoms with Crippen molar-refractivity contribution in [3.8, 4) is 0 Å². The van der Waals surface area contributed by atoms with Gasteiger partial charge in [0.2, 0.25) is 10.9 Å². The number of benzene rings is 5. The smallest absolute Gasteiger partial charge is 0.200 e. The van der Waals surface area contributed by atoms with Crippen LogP contribution in [0.5, 0.6) is 0 Å². The molecule has 0 bridgehead atoms. The molecule has 50 heavy (non-hydrogen) atoms. The van der Waals surface area contributed by atoms with E-state index in [0.717, 1.165) is 39.7 Å². The van der Waals surface area contributed by atoms with Gasteiger partial charge in [0.25, 0.3) is 0 Å². The number of para-hydroxylation sites is 2. The number of aromatic nitrogens is 2. The average molecular weight is 659 g/mol. The molecule has 1 N–H and O–H groups in total. The summed E-state index contributed by atoms with van der Waals surface area (Å²) in [6.07, 6.45) is 4.05. The van der Waals surface area contributed by atoms with Crippen molar-refractivity contribution < 1.29 is 9.59 Å². The van der Waals surface area contributed by atoms with Crippen LogP contribution in [0, 0.1) is 27.7 Å². The quantitative estimate of drug-likeness (QED) is 0.174. The summed E-state index contributed by atoms with van der Waals surface area (Å²) in [5.74, 6) is -0.470. The molecule has 0 spiro atoms. The van der Waals surface area contributed by atoms with E-state index in [0.29, 0.717) is 28.4 Å². The Bertz CT molecular complexity index is 2510. The fraction of sp³-hybridized carbons (Fsp3) is 0.136. The molecule has 0 fully saturated rings. The number of nitrogens with zero attached hydrogens (tertiary/aromatic N) is 1. The zero-order chi connectivity index (χ0) is 35.4. The fourth-order valence-corrected chi connectivity index (χ4v) is 6.00. The number of carbonyl (C=O) groups is 2. The summed E-state index contributed by atoms with van der Waals surface area (Å²) >= 11 is 0. The highest BCUT2D eigenvalue weighted by Gasteiger charge is 2.18. The predicted octanol–water partition coefficient (Wildman–Crippen LogP) is 8.47. The van der Waals surface area contributed by atoms with Crippen molar-refractivity contribution in [2.45, 2.75) is 40.7 Å². The summed E-state index contributed by atoms with van der Waals surface area (Å²) in [6, 6.07) is 36.0. The number of carbonyl (C=O) groups excluding carboxylic acids is 2. The van der Waals surface area contributed by atoms with Crippen molar-refractivity contribution in [1.29, 1.82) is 0 Å². The molecule has 6 heteroatoms. The minimum absolute atomic E-state index is 0.178. The minimum atomic E-state index is -0.245. The Hall–Kier alpha value is -6.14. The minimum Gasteiger partial charge on any atom is -0.360 e. The number of aromatic amines is 1. The summed E-state index contributed by atoms with van der Waals surface area (Å²) in [4.78, 5) is 54.3. The van der Waals surface area contributed by atoms with Crippen LogP contribution in [0.2, 0.25) is 0 Å². The molecule has 248 valence electrons. The highest BCUT2D eigenvalue weighted by atomic mass is 16.1. The van der Waals surface area contributed by atoms with Crippen LogP contribution < -0.4 is 10.9 Å². The van der Waals surface area contributed by atoms with E-state index in [-0.39, 0.29) is 33.6 Å². The lowest BCUT2D eigenvalue weighted by Crippen LogP contribution is -2.20. The van der Waals surface area contributed by atoms with Gasteiger partial charge in [-0.25, -0.2) is 0 Å². The molecule has 6 nitrogen and oxygen atoms in total. The molecule has 0 aliphatic rings. The number of pyridine rings is 2. The molecular formula is C44H38N2O4. The molecule has 0 aliphatic carbocycles. The Balaban J connectivity index is 0.000000182. The monoisotopic (exact) mass is 658 g/mol. The third-order valence-electron chi connectivity index (χ3n) is 9.29. The van der Waals surface area contributed by atoms with Crippen molar-refractivity contribution in [2.75, 3.05) is 0 Å². The van der Waals surface area contributed by atoms with E-state index >= 15 is 0 Å². The Morgan fingerprint density at radius 1 is 0.580 bits per heavy atom. The molecule has 0 saturated heterocycles. The van der Waals surface area contributed by atoms with Crippen LogP contribution in [0.25, 0.3) is 21.8 Å². The topological polar surface area (TPSA) is 89.0 Å². The molecular weight excluding hydrogens is 620 g/mol. The molecule has 7 aromatic rings. The predicted molar refractivity (Wildman–Crippen MR) is 202 cm³/mol. The van der Waals surface area contributed by atoms with Crippen molar-refractivity contribution in [1.82, 2.24) is 9.55 Å². The lowest BCUT2D eigenvalue weighted by Gasteiger charge is -2.14. The van der Waals surface area contributed by atoms with Gasteiger partial charge < -0.3 is 9.55 Å². The number of ketones is 2. The maximum absolute atomic E-state index is 13.2. The Labute approximate surface area is 290 Å². The van der Waals surface area contributed by atoms with E-state index in [9.17, 15) is 19.2 Å². The van der Waals surface area contributed by atoms with E-state index in [2.05, 4.69) is 17.1 Å². The largest absolute Gasteiger partial charge is 0.360 e. The molecule has 5 aromatic carbocycles. The van der Waals surface area contributed by atoms with Crippen LogP contribution in [-0.4, -0.2) is 21.1 Å². The third-order valence-corrected chi connectivity index (χ3v) is 9.29. The second kappa shape index (κ2) is 14.5. The maximum atomic E-state index is 13.2. The molecule has 0 amide bonds. The summed E-state index contributed by atoms with van der Waals surface area (Å²) in [6.45, 7) is 8.63. The average Bonchev–Trinajstić information content (AvgIpc) is 3.14. The van der Waals surface area contributed by atoms with Gasteiger partial charge in [0.05, 0.1) is 16.6 Å². The molecule has 7 rings (SSSR count). The number of aryl methyl sites for hydroxylation is 6. The zero-order valence-electron chi connectivity index (χ0n) is 28.6. The number of fused-ring (bicyclic) bond motifs is 2. The van der Waals surface area contributed by atoms with Gasteiger partial charge in [-0.1, -0.05) is 78.9 Å². The first-order valence-corrected chi connectivity index (χ1v) is 16.6. The Morgan fingerprint density at radius 2 is 1.12 bits per heavy atom. The maximum Gasteiger partial charge on any atom is 0.200 e. The fourth-order valence-electron chi connectivity index (χ4n) is 6.00. The van der Waals surface area contributed by atoms with Crippen molar-refractivity contribution in [3.05, 3.63) is 198 Å². The zero-order valence-corrected chi connectivity index (χ0v) is 28.6. The van der Waals surface area contributed by atoms with E-state index in [4.69, 9.17) is 0 Å². The Kier molecular flexibility index (Phi) is 9.82. The molecule has 2 heterocycles. The molecule has 0 radical (unpaired) electrons. The van der Waals surface area contributed by atoms with Gasteiger partial charge >= 0.3 is 0 Å². The standard InChI is InChI=1S/C26H23NO2.C18H15NO2/c1-18-12-13-21(16-19(18)2)25(28)23-17-27(15-14-20-8-4-3-5-9-20)24-11-7-6-10-22(24)26(23)29;1-11-7-8-13(9-12(11)2)17(20)15-10-19-16-6-4-3-5-14(16)18(15)21/h3-13,16-17H,14-15H2,1-2H3;3-10H,1-2H3,(H,19,21). The van der Waals surface area contributed by atoms with Crippen LogP contribution in [0.15, 0.2) is 137 Å². The number of hydrogen-bond donors (Lipinski definition) is 1. The van der Waals surface area contributed by atoms with Gasteiger partial charge in [0.15, 0.2) is 11.6 Å². The van der Waals surface area contributed by atoms with Gasteiger partial charge in [0, 0.05) is 46.4 Å². The molecule has 0 atom stereocenters. The van der Waals surface area contributed by atoms with E-state index in [1.165, 1.54) is 11.8 Å². The van der Waals surface area contributed by atoms with Gasteiger partial charge in [-0.3, -0.25) is 19.2 Å². The number of rotatable bonds is 7. The Morgan fingerprint density at radius 3 is 1.76 bits per heavy atom. The second-order valence-corrected chi connectivity index (χ2v) is 12.7. The highest BCUT2D eigenvalue weighted by Crippen LogP contribution is 2.18. The van der Waals surface area contributed by atoms with Crippen LogP contribution in [0.1, 0.15) is 59.7 Å². The first-order chi connectivity index (χ1) is 24.1. The van der Waals surface area contributed by atoms with Gasteiger partial charge in [0.1, 0.15) is 0 Å². The van der Waals surface area contributed by atoms with Gasteiger partial charge in [-0.15, -0.1) is 0 Å². The van der Waals surface area contributed by atoms with Crippen LogP contribution in [0.4, 0.5) is 0 Å². The summed E-state index contributed by atoms with van der Waals surface area (Å²) in [7, 11) is 0. The highest BCUT2D eigenvalue weighted by molar-refractivity contribution is 6.11. The lowest BCUT2D eigenvalue weighted by molar-refractivity contribution is 0.102. The first-order valence-electron chi connectivity index (χ1n) is 16.6. The summed E-state index contributed by atoms with van der Waals surface area (Å²) < 4.78 is 2.03. The third kappa shape index (κ3) is 7.01.